The molecule has 1 aromatic heterocycles. The molecule has 0 saturated heterocycles. The third-order valence-electron chi connectivity index (χ3n) is 3.89. The molecule has 2 aromatic carbocycles. The van der Waals surface area contributed by atoms with Crippen LogP contribution in [0.2, 0.25) is 0 Å². The van der Waals surface area contributed by atoms with E-state index in [1.54, 1.807) is 43.4 Å². The number of thiazole rings is 1. The minimum absolute atomic E-state index is 0.112. The second kappa shape index (κ2) is 8.60. The summed E-state index contributed by atoms with van der Waals surface area (Å²) in [6, 6.07) is 17.0. The zero-order chi connectivity index (χ0) is 18.4. The van der Waals surface area contributed by atoms with Gasteiger partial charge in [-0.3, -0.25) is 9.69 Å². The van der Waals surface area contributed by atoms with Crippen molar-refractivity contribution in [2.75, 3.05) is 32.3 Å². The number of hydrogen-bond acceptors (Lipinski definition) is 5. The van der Waals surface area contributed by atoms with Crippen LogP contribution < -0.4 is 9.64 Å². The smallest absolute Gasteiger partial charge is 0.260 e. The van der Waals surface area contributed by atoms with Gasteiger partial charge >= 0.3 is 0 Å². The molecule has 0 unspecified atom stereocenters. The summed E-state index contributed by atoms with van der Waals surface area (Å²) in [6.45, 7) is 0.866. The Balaban J connectivity index is 1.87. The Bertz CT molecular complexity index is 847. The molecule has 5 nitrogen and oxygen atoms in total. The Morgan fingerprint density at radius 2 is 1.81 bits per heavy atom. The predicted octanol–water partition coefficient (Wildman–Crippen LogP) is 4.11. The lowest BCUT2D eigenvalue weighted by atomic mass is 10.2. The number of carbonyl (C=O) groups excluding carboxylic acids is 1. The lowest BCUT2D eigenvalue weighted by Crippen LogP contribution is -2.33. The summed E-state index contributed by atoms with van der Waals surface area (Å²) in [5, 5.41) is 2.62. The molecular formula is C20H20N2O3S. The van der Waals surface area contributed by atoms with Gasteiger partial charge in [0.2, 0.25) is 0 Å². The van der Waals surface area contributed by atoms with E-state index in [1.165, 1.54) is 11.3 Å². The van der Waals surface area contributed by atoms with Crippen LogP contribution in [0.15, 0.2) is 60.0 Å². The molecule has 1 heterocycles. The predicted molar refractivity (Wildman–Crippen MR) is 104 cm³/mol. The standard InChI is InChI=1S/C20H20N2O3S/c1-24-13-12-22(19(23)16-8-10-17(25-2)11-9-16)20-21-18(14-26-20)15-6-4-3-5-7-15/h3-11,14H,12-13H2,1-2H3. The molecule has 0 fully saturated rings. The molecule has 0 saturated carbocycles. The maximum atomic E-state index is 13.0. The van der Waals surface area contributed by atoms with E-state index >= 15 is 0 Å². The number of nitrogens with zero attached hydrogens (tertiary/aromatic N) is 2. The molecule has 0 spiro atoms. The minimum Gasteiger partial charge on any atom is -0.497 e. The Morgan fingerprint density at radius 1 is 1.08 bits per heavy atom. The van der Waals surface area contributed by atoms with Crippen molar-refractivity contribution in [3.8, 4) is 17.0 Å². The zero-order valence-electron chi connectivity index (χ0n) is 14.7. The summed E-state index contributed by atoms with van der Waals surface area (Å²) in [4.78, 5) is 19.3. The second-order valence-electron chi connectivity index (χ2n) is 5.56. The second-order valence-corrected chi connectivity index (χ2v) is 6.40. The largest absolute Gasteiger partial charge is 0.497 e. The summed E-state index contributed by atoms with van der Waals surface area (Å²) in [7, 11) is 3.22. The number of aromatic nitrogens is 1. The van der Waals surface area contributed by atoms with Gasteiger partial charge in [0.15, 0.2) is 5.13 Å². The molecule has 1 amide bonds. The number of anilines is 1. The number of ether oxygens (including phenoxy) is 2. The average molecular weight is 368 g/mol. The van der Waals surface area contributed by atoms with Gasteiger partial charge in [0, 0.05) is 23.6 Å². The highest BCUT2D eigenvalue weighted by Gasteiger charge is 2.21. The SMILES string of the molecule is COCCN(C(=O)c1ccc(OC)cc1)c1nc(-c2ccccc2)cs1. The summed E-state index contributed by atoms with van der Waals surface area (Å²) in [6.07, 6.45) is 0. The van der Waals surface area contributed by atoms with E-state index in [4.69, 9.17) is 9.47 Å². The van der Waals surface area contributed by atoms with Gasteiger partial charge < -0.3 is 9.47 Å². The molecule has 0 aliphatic carbocycles. The van der Waals surface area contributed by atoms with Crippen LogP contribution in [0, 0.1) is 0 Å². The highest BCUT2D eigenvalue weighted by atomic mass is 32.1. The summed E-state index contributed by atoms with van der Waals surface area (Å²) in [5.41, 5.74) is 2.47. The third kappa shape index (κ3) is 4.09. The van der Waals surface area contributed by atoms with Crippen LogP contribution in [0.4, 0.5) is 5.13 Å². The Kier molecular flexibility index (Phi) is 5.99. The highest BCUT2D eigenvalue weighted by Crippen LogP contribution is 2.28. The topological polar surface area (TPSA) is 51.7 Å². The van der Waals surface area contributed by atoms with Crippen molar-refractivity contribution in [1.82, 2.24) is 4.98 Å². The molecule has 3 aromatic rings. The van der Waals surface area contributed by atoms with Crippen LogP contribution in [0.3, 0.4) is 0 Å². The summed E-state index contributed by atoms with van der Waals surface area (Å²) in [5.74, 6) is 0.601. The van der Waals surface area contributed by atoms with E-state index in [0.29, 0.717) is 29.6 Å². The van der Waals surface area contributed by atoms with Gasteiger partial charge in [0.25, 0.3) is 5.91 Å². The molecule has 134 valence electrons. The van der Waals surface area contributed by atoms with Gasteiger partial charge in [-0.15, -0.1) is 11.3 Å². The van der Waals surface area contributed by atoms with E-state index in [2.05, 4.69) is 4.98 Å². The fourth-order valence-electron chi connectivity index (χ4n) is 2.49. The number of amides is 1. The first-order chi connectivity index (χ1) is 12.7. The third-order valence-corrected chi connectivity index (χ3v) is 4.76. The van der Waals surface area contributed by atoms with Gasteiger partial charge in [0.05, 0.1) is 26.0 Å². The van der Waals surface area contributed by atoms with E-state index in [0.717, 1.165) is 11.3 Å². The first-order valence-electron chi connectivity index (χ1n) is 8.18. The number of methoxy groups -OCH3 is 2. The van der Waals surface area contributed by atoms with E-state index < -0.39 is 0 Å². The van der Waals surface area contributed by atoms with Crippen molar-refractivity contribution in [1.29, 1.82) is 0 Å². The molecule has 0 aliphatic rings. The Labute approximate surface area is 156 Å². The molecule has 0 aliphatic heterocycles. The first kappa shape index (κ1) is 18.1. The maximum Gasteiger partial charge on any atom is 0.260 e. The van der Waals surface area contributed by atoms with Crippen LogP contribution in [-0.2, 0) is 4.74 Å². The van der Waals surface area contributed by atoms with Crippen molar-refractivity contribution in [3.05, 3.63) is 65.5 Å². The Morgan fingerprint density at radius 3 is 2.46 bits per heavy atom. The summed E-state index contributed by atoms with van der Waals surface area (Å²) < 4.78 is 10.3. The number of hydrogen-bond donors (Lipinski definition) is 0. The van der Waals surface area contributed by atoms with Gasteiger partial charge in [-0.05, 0) is 24.3 Å². The molecule has 0 radical (unpaired) electrons. The molecule has 3 rings (SSSR count). The van der Waals surface area contributed by atoms with Gasteiger partial charge in [-0.25, -0.2) is 4.98 Å². The molecule has 0 bridgehead atoms. The number of benzene rings is 2. The van der Waals surface area contributed by atoms with Crippen molar-refractivity contribution < 1.29 is 14.3 Å². The number of rotatable bonds is 7. The quantitative estimate of drug-likeness (QED) is 0.630. The van der Waals surface area contributed by atoms with Crippen molar-refractivity contribution in [2.24, 2.45) is 0 Å². The fourth-order valence-corrected chi connectivity index (χ4v) is 3.34. The van der Waals surface area contributed by atoms with E-state index in [9.17, 15) is 4.79 Å². The molecular weight excluding hydrogens is 348 g/mol. The molecule has 0 N–H and O–H groups in total. The molecule has 6 heteroatoms. The maximum absolute atomic E-state index is 13.0. The van der Waals surface area contributed by atoms with E-state index in [1.807, 2.05) is 35.7 Å². The highest BCUT2D eigenvalue weighted by molar-refractivity contribution is 7.14. The lowest BCUT2D eigenvalue weighted by Gasteiger charge is -2.19. The zero-order valence-corrected chi connectivity index (χ0v) is 15.5. The van der Waals surface area contributed by atoms with Crippen LogP contribution >= 0.6 is 11.3 Å². The van der Waals surface area contributed by atoms with E-state index in [-0.39, 0.29) is 5.91 Å². The monoisotopic (exact) mass is 368 g/mol. The van der Waals surface area contributed by atoms with Gasteiger partial charge in [-0.1, -0.05) is 30.3 Å². The van der Waals surface area contributed by atoms with Crippen LogP contribution in [-0.4, -0.2) is 38.3 Å². The van der Waals surface area contributed by atoms with Crippen LogP contribution in [0.25, 0.3) is 11.3 Å². The Hall–Kier alpha value is -2.70. The van der Waals surface area contributed by atoms with Gasteiger partial charge in [-0.2, -0.15) is 0 Å². The van der Waals surface area contributed by atoms with Crippen LogP contribution in [0.1, 0.15) is 10.4 Å². The van der Waals surface area contributed by atoms with Crippen molar-refractivity contribution in [2.45, 2.75) is 0 Å². The van der Waals surface area contributed by atoms with Crippen molar-refractivity contribution in [3.63, 3.8) is 0 Å². The fraction of sp³-hybridized carbons (Fsp3) is 0.200. The van der Waals surface area contributed by atoms with Crippen LogP contribution in [0.5, 0.6) is 5.75 Å². The van der Waals surface area contributed by atoms with Gasteiger partial charge in [0.1, 0.15) is 5.75 Å². The molecule has 26 heavy (non-hydrogen) atoms. The minimum atomic E-state index is -0.112. The summed E-state index contributed by atoms with van der Waals surface area (Å²) >= 11 is 1.45. The first-order valence-corrected chi connectivity index (χ1v) is 9.06. The van der Waals surface area contributed by atoms with Crippen molar-refractivity contribution >= 4 is 22.4 Å². The molecule has 0 atom stereocenters. The number of carbonyl (C=O) groups is 1. The normalized spacial score (nSPS) is 10.5. The lowest BCUT2D eigenvalue weighted by molar-refractivity contribution is 0.0976. The average Bonchev–Trinajstić information content (AvgIpc) is 3.19.